The molecule has 0 aromatic heterocycles. The highest BCUT2D eigenvalue weighted by molar-refractivity contribution is 5.83. The van der Waals surface area contributed by atoms with Gasteiger partial charge in [0, 0.05) is 44.4 Å². The van der Waals surface area contributed by atoms with Gasteiger partial charge in [-0.25, -0.2) is 0 Å². The number of nitro groups is 3. The van der Waals surface area contributed by atoms with Gasteiger partial charge in [0.25, 0.3) is 17.1 Å². The number of halogens is 3. The minimum Gasteiger partial charge on any atom is -0.392 e. The summed E-state index contributed by atoms with van der Waals surface area (Å²) in [6, 6.07) is 3.07. The van der Waals surface area contributed by atoms with Gasteiger partial charge >= 0.3 is 6.18 Å². The number of nitrogens with zero attached hydrogens (tertiary/aromatic N) is 5. The van der Waals surface area contributed by atoms with E-state index in [1.54, 1.807) is 4.90 Å². The van der Waals surface area contributed by atoms with Crippen molar-refractivity contribution in [1.29, 1.82) is 0 Å². The zero-order valence-corrected chi connectivity index (χ0v) is 19.7. The summed E-state index contributed by atoms with van der Waals surface area (Å²) in [5, 5.41) is 47.2. The standard InChI is InChI=1S/C21H23F3N6O7/c1-12(31)11-25-19-13(2)20(18(30(36)37)10-17(19)29(34)35)27-7-5-26(6-8-27)15-4-3-14(21(22,23)24)9-16(15)28(32)33/h3-4,9-10,12,25,31H,5-8,11H2,1-2H3/t12-/m1/s1. The van der Waals surface area contributed by atoms with E-state index in [9.17, 15) is 48.6 Å². The molecule has 1 saturated heterocycles. The fraction of sp³-hybridized carbons (Fsp3) is 0.429. The second kappa shape index (κ2) is 10.4. The number of aliphatic hydroxyl groups is 1. The summed E-state index contributed by atoms with van der Waals surface area (Å²) in [5.41, 5.74) is -2.63. The number of hydrogen-bond donors (Lipinski definition) is 2. The van der Waals surface area contributed by atoms with Crippen LogP contribution in [0.1, 0.15) is 18.1 Å². The van der Waals surface area contributed by atoms with E-state index in [1.165, 1.54) is 18.7 Å². The van der Waals surface area contributed by atoms with Crippen LogP contribution in [0.2, 0.25) is 0 Å². The van der Waals surface area contributed by atoms with Crippen molar-refractivity contribution in [3.05, 3.63) is 65.7 Å². The summed E-state index contributed by atoms with van der Waals surface area (Å²) in [6.45, 7) is 3.21. The van der Waals surface area contributed by atoms with Gasteiger partial charge in [0.1, 0.15) is 17.1 Å². The van der Waals surface area contributed by atoms with Gasteiger partial charge in [0.2, 0.25) is 0 Å². The second-order valence-electron chi connectivity index (χ2n) is 8.44. The Morgan fingerprint density at radius 1 is 0.946 bits per heavy atom. The van der Waals surface area contributed by atoms with Crippen molar-refractivity contribution in [2.45, 2.75) is 26.1 Å². The van der Waals surface area contributed by atoms with Gasteiger partial charge in [-0.3, -0.25) is 30.3 Å². The SMILES string of the molecule is Cc1c(NC[C@@H](C)O)c([N+](=O)[O-])cc([N+](=O)[O-])c1N1CCN(c2ccc(C(F)(F)F)cc2[N+](=O)[O-])CC1. The molecular weight excluding hydrogens is 505 g/mol. The third kappa shape index (κ3) is 5.79. The average Bonchev–Trinajstić information content (AvgIpc) is 2.81. The molecule has 0 saturated carbocycles. The Balaban J connectivity index is 1.96. The van der Waals surface area contributed by atoms with Crippen molar-refractivity contribution >= 4 is 34.1 Å². The lowest BCUT2D eigenvalue weighted by Crippen LogP contribution is -2.47. The Hall–Kier alpha value is -4.21. The Morgan fingerprint density at radius 2 is 1.49 bits per heavy atom. The Labute approximate surface area is 207 Å². The van der Waals surface area contributed by atoms with Crippen LogP contribution in [0.25, 0.3) is 0 Å². The van der Waals surface area contributed by atoms with E-state index in [2.05, 4.69) is 5.32 Å². The van der Waals surface area contributed by atoms with Gasteiger partial charge < -0.3 is 20.2 Å². The summed E-state index contributed by atoms with van der Waals surface area (Å²) in [7, 11) is 0. The molecule has 2 aromatic rings. The first-order valence-electron chi connectivity index (χ1n) is 11.0. The molecule has 1 atom stereocenters. The number of piperazine rings is 1. The minimum atomic E-state index is -4.76. The van der Waals surface area contributed by atoms with Crippen molar-refractivity contribution < 1.29 is 33.0 Å². The normalized spacial score (nSPS) is 14.9. The summed E-state index contributed by atoms with van der Waals surface area (Å²) >= 11 is 0. The predicted octanol–water partition coefficient (Wildman–Crippen LogP) is 3.86. The van der Waals surface area contributed by atoms with Crippen LogP contribution in [0, 0.1) is 37.3 Å². The monoisotopic (exact) mass is 528 g/mol. The van der Waals surface area contributed by atoms with Gasteiger partial charge in [-0.15, -0.1) is 0 Å². The van der Waals surface area contributed by atoms with Crippen LogP contribution in [-0.2, 0) is 6.18 Å². The third-order valence-corrected chi connectivity index (χ3v) is 5.91. The molecule has 0 radical (unpaired) electrons. The molecule has 1 aliphatic rings. The van der Waals surface area contributed by atoms with E-state index in [4.69, 9.17) is 0 Å². The summed E-state index contributed by atoms with van der Waals surface area (Å²) < 4.78 is 39.1. The Morgan fingerprint density at radius 3 is 1.97 bits per heavy atom. The second-order valence-corrected chi connectivity index (χ2v) is 8.44. The maximum Gasteiger partial charge on any atom is 0.416 e. The van der Waals surface area contributed by atoms with Crippen molar-refractivity contribution in [1.82, 2.24) is 0 Å². The van der Waals surface area contributed by atoms with Crippen LogP contribution < -0.4 is 15.1 Å². The van der Waals surface area contributed by atoms with Gasteiger partial charge in [-0.1, -0.05) is 0 Å². The van der Waals surface area contributed by atoms with Gasteiger partial charge in [0.15, 0.2) is 0 Å². The van der Waals surface area contributed by atoms with E-state index in [0.29, 0.717) is 6.07 Å². The Kier molecular flexibility index (Phi) is 7.71. The minimum absolute atomic E-state index is 0.00677. The van der Waals surface area contributed by atoms with E-state index in [0.717, 1.165) is 18.2 Å². The third-order valence-electron chi connectivity index (χ3n) is 5.91. The van der Waals surface area contributed by atoms with E-state index in [1.807, 2.05) is 0 Å². The van der Waals surface area contributed by atoms with Crippen LogP contribution >= 0.6 is 0 Å². The molecule has 16 heteroatoms. The molecule has 3 rings (SSSR count). The largest absolute Gasteiger partial charge is 0.416 e. The summed E-state index contributed by atoms with van der Waals surface area (Å²) in [6.07, 6.45) is -5.62. The van der Waals surface area contributed by atoms with E-state index < -0.39 is 49.7 Å². The summed E-state index contributed by atoms with van der Waals surface area (Å²) in [4.78, 5) is 35.6. The fourth-order valence-electron chi connectivity index (χ4n) is 4.21. The smallest absolute Gasteiger partial charge is 0.392 e. The number of benzene rings is 2. The zero-order chi connectivity index (χ0) is 27.7. The van der Waals surface area contributed by atoms with Crippen LogP contribution in [-0.4, -0.2) is 58.7 Å². The van der Waals surface area contributed by atoms with Crippen LogP contribution in [0.3, 0.4) is 0 Å². The lowest BCUT2D eigenvalue weighted by Gasteiger charge is -2.37. The molecule has 1 fully saturated rings. The lowest BCUT2D eigenvalue weighted by atomic mass is 10.0. The molecule has 13 nitrogen and oxygen atoms in total. The van der Waals surface area contributed by atoms with Crippen LogP contribution in [0.4, 0.5) is 47.3 Å². The number of nitrogens with one attached hydrogen (secondary N) is 1. The molecule has 0 amide bonds. The number of alkyl halides is 3. The molecule has 0 spiro atoms. The van der Waals surface area contributed by atoms with Crippen molar-refractivity contribution in [2.75, 3.05) is 47.8 Å². The Bertz CT molecular complexity index is 1230. The van der Waals surface area contributed by atoms with Crippen molar-refractivity contribution in [3.63, 3.8) is 0 Å². The quantitative estimate of drug-likeness (QED) is 0.379. The first-order valence-corrected chi connectivity index (χ1v) is 11.0. The number of aliphatic hydroxyl groups excluding tert-OH is 1. The maximum absolute atomic E-state index is 13.0. The highest BCUT2D eigenvalue weighted by atomic mass is 19.4. The topological polar surface area (TPSA) is 168 Å². The highest BCUT2D eigenvalue weighted by Crippen LogP contribution is 2.43. The number of anilines is 3. The average molecular weight is 528 g/mol. The molecule has 2 aromatic carbocycles. The van der Waals surface area contributed by atoms with Crippen molar-refractivity contribution in [3.8, 4) is 0 Å². The molecule has 0 bridgehead atoms. The maximum atomic E-state index is 13.0. The zero-order valence-electron chi connectivity index (χ0n) is 19.7. The number of nitro benzene ring substituents is 3. The van der Waals surface area contributed by atoms with Gasteiger partial charge in [-0.05, 0) is 26.0 Å². The summed E-state index contributed by atoms with van der Waals surface area (Å²) in [5.74, 6) is 0. The molecule has 0 unspecified atom stereocenters. The molecule has 1 heterocycles. The molecule has 37 heavy (non-hydrogen) atoms. The van der Waals surface area contributed by atoms with E-state index >= 15 is 0 Å². The molecule has 2 N–H and O–H groups in total. The lowest BCUT2D eigenvalue weighted by molar-refractivity contribution is -0.393. The fourth-order valence-corrected chi connectivity index (χ4v) is 4.21. The number of rotatable bonds is 8. The van der Waals surface area contributed by atoms with Gasteiger partial charge in [0.05, 0.1) is 32.5 Å². The van der Waals surface area contributed by atoms with Crippen LogP contribution in [0.15, 0.2) is 24.3 Å². The molecular formula is C21H23F3N6O7. The highest BCUT2D eigenvalue weighted by Gasteiger charge is 2.36. The molecule has 0 aliphatic carbocycles. The predicted molar refractivity (Wildman–Crippen MR) is 127 cm³/mol. The van der Waals surface area contributed by atoms with E-state index in [-0.39, 0.29) is 55.3 Å². The van der Waals surface area contributed by atoms with Crippen LogP contribution in [0.5, 0.6) is 0 Å². The van der Waals surface area contributed by atoms with Gasteiger partial charge in [-0.2, -0.15) is 13.2 Å². The molecule has 1 aliphatic heterocycles. The number of hydrogen-bond acceptors (Lipinski definition) is 10. The first-order chi connectivity index (χ1) is 17.2. The first kappa shape index (κ1) is 27.4. The molecule has 200 valence electrons. The van der Waals surface area contributed by atoms with Crippen molar-refractivity contribution in [2.24, 2.45) is 0 Å².